The second-order valence-electron chi connectivity index (χ2n) is 9.52. The molecule has 0 atom stereocenters. The Labute approximate surface area is 212 Å². The molecular weight excluding hydrogens is 466 g/mol. The molecule has 2 aliphatic heterocycles. The quantitative estimate of drug-likeness (QED) is 0.387. The predicted octanol–water partition coefficient (Wildman–Crippen LogP) is 4.48. The van der Waals surface area contributed by atoms with E-state index in [0.717, 1.165) is 43.9 Å². The van der Waals surface area contributed by atoms with Gasteiger partial charge < -0.3 is 25.0 Å². The number of benzene rings is 1. The van der Waals surface area contributed by atoms with Gasteiger partial charge in [-0.3, -0.25) is 4.90 Å². The maximum atomic E-state index is 12.6. The zero-order valence-electron chi connectivity index (χ0n) is 21.1. The molecule has 2 fully saturated rings. The van der Waals surface area contributed by atoms with Crippen LogP contribution in [-0.2, 0) is 0 Å². The van der Waals surface area contributed by atoms with Crippen LogP contribution in [0.25, 0.3) is 0 Å². The van der Waals surface area contributed by atoms with Gasteiger partial charge in [-0.2, -0.15) is 4.98 Å². The van der Waals surface area contributed by atoms with Crippen molar-refractivity contribution in [1.82, 2.24) is 19.8 Å². The van der Waals surface area contributed by atoms with Crippen LogP contribution in [0.3, 0.4) is 0 Å². The number of halogens is 2. The molecule has 0 aliphatic carbocycles. The van der Waals surface area contributed by atoms with Gasteiger partial charge in [0, 0.05) is 31.0 Å². The molecule has 0 bridgehead atoms. The molecule has 8 nitrogen and oxygen atoms in total. The molecule has 0 unspecified atom stereocenters. The van der Waals surface area contributed by atoms with Crippen molar-refractivity contribution in [2.24, 2.45) is 5.92 Å². The Hall–Kier alpha value is -2.72. The van der Waals surface area contributed by atoms with Crippen LogP contribution in [0.5, 0.6) is 11.5 Å². The molecule has 3 heterocycles. The molecule has 10 heteroatoms. The summed E-state index contributed by atoms with van der Waals surface area (Å²) in [6.07, 6.45) is 4.82. The number of ether oxygens (including phenoxy) is 2. The normalized spacial score (nSPS) is 17.4. The van der Waals surface area contributed by atoms with E-state index in [0.29, 0.717) is 43.1 Å². The fourth-order valence-corrected chi connectivity index (χ4v) is 4.81. The van der Waals surface area contributed by atoms with Gasteiger partial charge in [0.25, 0.3) is 6.43 Å². The lowest BCUT2D eigenvalue weighted by Crippen LogP contribution is -2.38. The van der Waals surface area contributed by atoms with Crippen molar-refractivity contribution in [2.45, 2.75) is 38.5 Å². The minimum Gasteiger partial charge on any atom is -0.493 e. The first-order valence-electron chi connectivity index (χ1n) is 13.0. The number of rotatable bonds is 13. The number of anilines is 3. The van der Waals surface area contributed by atoms with E-state index in [2.05, 4.69) is 25.5 Å². The zero-order chi connectivity index (χ0) is 25.2. The molecule has 2 N–H and O–H groups in total. The highest BCUT2D eigenvalue weighted by Gasteiger charge is 2.21. The largest absolute Gasteiger partial charge is 0.493 e. The summed E-state index contributed by atoms with van der Waals surface area (Å²) in [4.78, 5) is 13.2. The molecule has 36 heavy (non-hydrogen) atoms. The fourth-order valence-electron chi connectivity index (χ4n) is 4.81. The monoisotopic (exact) mass is 504 g/mol. The Kier molecular flexibility index (Phi) is 9.92. The molecule has 2 aliphatic rings. The van der Waals surface area contributed by atoms with Gasteiger partial charge in [0.2, 0.25) is 5.95 Å². The van der Waals surface area contributed by atoms with Gasteiger partial charge in [-0.15, -0.1) is 0 Å². The second kappa shape index (κ2) is 13.5. The van der Waals surface area contributed by atoms with Gasteiger partial charge in [0.15, 0.2) is 11.5 Å². The van der Waals surface area contributed by atoms with Crippen molar-refractivity contribution in [1.29, 1.82) is 0 Å². The Bertz CT molecular complexity index is 936. The summed E-state index contributed by atoms with van der Waals surface area (Å²) in [6, 6.07) is 7.53. The van der Waals surface area contributed by atoms with Crippen LogP contribution in [0.4, 0.5) is 26.2 Å². The molecule has 0 amide bonds. The maximum Gasteiger partial charge on any atom is 0.251 e. The lowest BCUT2D eigenvalue weighted by Gasteiger charge is -2.31. The molecular formula is C26H38F2N6O2. The highest BCUT2D eigenvalue weighted by molar-refractivity contribution is 5.60. The summed E-state index contributed by atoms with van der Waals surface area (Å²) < 4.78 is 36.7. The van der Waals surface area contributed by atoms with Crippen LogP contribution in [0.2, 0.25) is 0 Å². The summed E-state index contributed by atoms with van der Waals surface area (Å²) in [5.41, 5.74) is 0.814. The Morgan fingerprint density at radius 1 is 1.06 bits per heavy atom. The van der Waals surface area contributed by atoms with E-state index in [-0.39, 0.29) is 6.54 Å². The predicted molar refractivity (Wildman–Crippen MR) is 138 cm³/mol. The molecule has 0 saturated carbocycles. The average Bonchev–Trinajstić information content (AvgIpc) is 3.40. The third-order valence-corrected chi connectivity index (χ3v) is 6.83. The highest BCUT2D eigenvalue weighted by Crippen LogP contribution is 2.31. The molecule has 198 valence electrons. The second-order valence-corrected chi connectivity index (χ2v) is 9.52. The lowest BCUT2D eigenvalue weighted by atomic mass is 9.97. The minimum absolute atomic E-state index is 0.127. The standard InChI is InChI=1S/C26H38F2N6O2/c1-35-22-6-5-21(17-23(22)36-16-4-13-33-11-2-3-12-33)31-26-29-10-7-25(32-26)30-18-20-8-14-34(15-9-20)19-24(27)28/h5-7,10,17,20,24H,2-4,8-9,11-16,18-19H2,1H3,(H2,29,30,31,32). The van der Waals surface area contributed by atoms with E-state index < -0.39 is 6.43 Å². The number of nitrogens with zero attached hydrogens (tertiary/aromatic N) is 4. The lowest BCUT2D eigenvalue weighted by molar-refractivity contribution is 0.0703. The molecule has 2 aromatic rings. The number of methoxy groups -OCH3 is 1. The zero-order valence-corrected chi connectivity index (χ0v) is 21.1. The number of alkyl halides is 2. The smallest absolute Gasteiger partial charge is 0.251 e. The Morgan fingerprint density at radius 3 is 2.61 bits per heavy atom. The number of aromatic nitrogens is 2. The molecule has 1 aromatic heterocycles. The van der Waals surface area contributed by atoms with Crippen molar-refractivity contribution >= 4 is 17.5 Å². The molecule has 0 radical (unpaired) electrons. The topological polar surface area (TPSA) is 74.8 Å². The maximum absolute atomic E-state index is 12.6. The van der Waals surface area contributed by atoms with Crippen LogP contribution < -0.4 is 20.1 Å². The van der Waals surface area contributed by atoms with Gasteiger partial charge >= 0.3 is 0 Å². The first-order valence-corrected chi connectivity index (χ1v) is 13.0. The van der Waals surface area contributed by atoms with Crippen molar-refractivity contribution in [3.05, 3.63) is 30.5 Å². The Morgan fingerprint density at radius 2 is 1.86 bits per heavy atom. The first-order chi connectivity index (χ1) is 17.6. The van der Waals surface area contributed by atoms with Gasteiger partial charge in [0.1, 0.15) is 5.82 Å². The summed E-state index contributed by atoms with van der Waals surface area (Å²) >= 11 is 0. The number of piperidine rings is 1. The molecule has 0 spiro atoms. The van der Waals surface area contributed by atoms with E-state index in [1.165, 1.54) is 25.9 Å². The Balaban J connectivity index is 1.26. The summed E-state index contributed by atoms with van der Waals surface area (Å²) in [6.45, 7) is 6.14. The van der Waals surface area contributed by atoms with Crippen molar-refractivity contribution in [2.75, 3.05) is 70.2 Å². The van der Waals surface area contributed by atoms with Gasteiger partial charge in [-0.25, -0.2) is 13.8 Å². The number of nitrogens with one attached hydrogen (secondary N) is 2. The molecule has 1 aromatic carbocycles. The summed E-state index contributed by atoms with van der Waals surface area (Å²) in [7, 11) is 1.64. The number of likely N-dealkylation sites (tertiary alicyclic amines) is 2. The van der Waals surface area contributed by atoms with Gasteiger partial charge in [0.05, 0.1) is 20.3 Å². The van der Waals surface area contributed by atoms with E-state index in [9.17, 15) is 8.78 Å². The number of hydrogen-bond donors (Lipinski definition) is 2. The van der Waals surface area contributed by atoms with E-state index in [1.54, 1.807) is 13.3 Å². The van der Waals surface area contributed by atoms with E-state index in [4.69, 9.17) is 9.47 Å². The van der Waals surface area contributed by atoms with Crippen molar-refractivity contribution in [3.8, 4) is 11.5 Å². The van der Waals surface area contributed by atoms with E-state index in [1.807, 2.05) is 29.2 Å². The van der Waals surface area contributed by atoms with Crippen molar-refractivity contribution in [3.63, 3.8) is 0 Å². The third kappa shape index (κ3) is 8.16. The average molecular weight is 505 g/mol. The van der Waals surface area contributed by atoms with Gasteiger partial charge in [-0.1, -0.05) is 0 Å². The van der Waals surface area contributed by atoms with E-state index >= 15 is 0 Å². The van der Waals surface area contributed by atoms with Crippen LogP contribution in [0.1, 0.15) is 32.1 Å². The SMILES string of the molecule is COc1ccc(Nc2nccc(NCC3CCN(CC(F)F)CC3)n2)cc1OCCCN1CCCC1. The van der Waals surface area contributed by atoms with Crippen LogP contribution in [0, 0.1) is 5.92 Å². The summed E-state index contributed by atoms with van der Waals surface area (Å²) in [5.74, 6) is 3.04. The molecule has 2 saturated heterocycles. The third-order valence-electron chi connectivity index (χ3n) is 6.83. The number of hydrogen-bond acceptors (Lipinski definition) is 8. The highest BCUT2D eigenvalue weighted by atomic mass is 19.3. The minimum atomic E-state index is -2.26. The first kappa shape index (κ1) is 26.3. The summed E-state index contributed by atoms with van der Waals surface area (Å²) in [5, 5.41) is 6.63. The van der Waals surface area contributed by atoms with Crippen molar-refractivity contribution < 1.29 is 18.3 Å². The van der Waals surface area contributed by atoms with Crippen LogP contribution in [-0.4, -0.2) is 85.7 Å². The van der Waals surface area contributed by atoms with Gasteiger partial charge in [-0.05, 0) is 82.4 Å². The fraction of sp³-hybridized carbons (Fsp3) is 0.615. The molecule has 4 rings (SSSR count). The van der Waals surface area contributed by atoms with Crippen LogP contribution in [0.15, 0.2) is 30.5 Å². The van der Waals surface area contributed by atoms with Crippen LogP contribution >= 0.6 is 0 Å².